The smallest absolute Gasteiger partial charge is 0.0598 e. The van der Waals surface area contributed by atoms with E-state index in [-0.39, 0.29) is 27.8 Å². The maximum Gasteiger partial charge on any atom is 0.0598 e. The molecule has 61 heavy (non-hydrogen) atoms. The molecular weight excluding hydrogens is 745 g/mol. The lowest BCUT2D eigenvalue weighted by atomic mass is 10.1. The van der Waals surface area contributed by atoms with E-state index in [0.29, 0.717) is 0 Å². The van der Waals surface area contributed by atoms with Crippen LogP contribution in [-0.2, 0) is 17.8 Å². The minimum absolute atomic E-state index is 0.0503. The fraction of sp³-hybridized carbons (Fsp3) is 0.500. The third kappa shape index (κ3) is 26.0. The summed E-state index contributed by atoms with van der Waals surface area (Å²) in [4.78, 5) is 4.63. The quantitative estimate of drug-likeness (QED) is 0.171. The molecule has 0 unspecified atom stereocenters. The van der Waals surface area contributed by atoms with Gasteiger partial charge in [0, 0.05) is 60.3 Å². The topological polar surface area (TPSA) is 39.8 Å². The molecule has 0 spiro atoms. The van der Waals surface area contributed by atoms with Gasteiger partial charge in [0.2, 0.25) is 0 Å². The molecule has 0 heterocycles. The zero-order chi connectivity index (χ0) is 46.7. The Labute approximate surface area is 375 Å². The van der Waals surface area contributed by atoms with Crippen LogP contribution < -0.4 is 15.5 Å². The molecular formula is C56H88N4O. The summed E-state index contributed by atoms with van der Waals surface area (Å²) in [5.74, 6) is 0. The first-order chi connectivity index (χ1) is 28.0. The predicted molar refractivity (Wildman–Crippen MR) is 273 cm³/mol. The molecule has 0 saturated carbocycles. The Balaban J connectivity index is 0.000000388. The number of rotatable bonds is 7. The van der Waals surface area contributed by atoms with Crippen molar-refractivity contribution in [2.45, 2.75) is 165 Å². The van der Waals surface area contributed by atoms with Crippen LogP contribution in [0.25, 0.3) is 10.8 Å². The van der Waals surface area contributed by atoms with E-state index >= 15 is 0 Å². The fourth-order valence-corrected chi connectivity index (χ4v) is 5.45. The second kappa shape index (κ2) is 25.1. The molecule has 5 aromatic rings. The normalized spacial score (nSPS) is 11.8. The lowest BCUT2D eigenvalue weighted by molar-refractivity contribution is 0.00531. The molecule has 0 saturated heterocycles. The zero-order valence-electron chi connectivity index (χ0n) is 42.5. The van der Waals surface area contributed by atoms with Crippen molar-refractivity contribution in [1.82, 2.24) is 10.2 Å². The highest BCUT2D eigenvalue weighted by Gasteiger charge is 2.17. The van der Waals surface area contributed by atoms with Gasteiger partial charge in [-0.25, -0.2) is 0 Å². The van der Waals surface area contributed by atoms with Gasteiger partial charge < -0.3 is 20.3 Å². The lowest BCUT2D eigenvalue weighted by Crippen LogP contribution is -2.37. The summed E-state index contributed by atoms with van der Waals surface area (Å²) in [6.07, 6.45) is 0. The number of nitrogens with one attached hydrogen (secondary N) is 2. The molecule has 0 amide bonds. The van der Waals surface area contributed by atoms with Crippen LogP contribution in [0.3, 0.4) is 0 Å². The SMILES string of the molecule is CC(C)(C)Nc1ccc2ccccc2c1.CCOC(C)(C)C.CN(c1ccccc1)C(C)(C)C.Cc1ccc(CN(C)C(C)(C)C)cc1.Cc1ccc(CNC(C)(C)C)cc1. The summed E-state index contributed by atoms with van der Waals surface area (Å²) in [6.45, 7) is 41.6. The summed E-state index contributed by atoms with van der Waals surface area (Å²) >= 11 is 0. The van der Waals surface area contributed by atoms with Crippen LogP contribution in [0, 0.1) is 13.8 Å². The molecule has 5 aromatic carbocycles. The summed E-state index contributed by atoms with van der Waals surface area (Å²) in [5, 5.41) is 9.50. The number of benzene rings is 5. The van der Waals surface area contributed by atoms with Crippen molar-refractivity contribution < 1.29 is 4.74 Å². The molecule has 0 aromatic heterocycles. The van der Waals surface area contributed by atoms with Crippen LogP contribution >= 0.6 is 0 Å². The number of fused-ring (bicyclic) bond motifs is 1. The number of anilines is 2. The van der Waals surface area contributed by atoms with Crippen molar-refractivity contribution in [3.63, 3.8) is 0 Å². The molecule has 0 fully saturated rings. The molecule has 0 aliphatic carbocycles. The highest BCUT2D eigenvalue weighted by atomic mass is 16.5. The van der Waals surface area contributed by atoms with Crippen molar-refractivity contribution in [2.75, 3.05) is 30.9 Å². The first-order valence-electron chi connectivity index (χ1n) is 22.3. The Morgan fingerprint density at radius 3 is 1.39 bits per heavy atom. The van der Waals surface area contributed by atoms with Crippen molar-refractivity contribution in [1.29, 1.82) is 0 Å². The van der Waals surface area contributed by atoms with E-state index in [1.165, 1.54) is 44.4 Å². The van der Waals surface area contributed by atoms with Gasteiger partial charge in [-0.1, -0.05) is 108 Å². The van der Waals surface area contributed by atoms with E-state index in [1.54, 1.807) is 0 Å². The van der Waals surface area contributed by atoms with Gasteiger partial charge in [0.1, 0.15) is 0 Å². The largest absolute Gasteiger partial charge is 0.380 e. The van der Waals surface area contributed by atoms with Crippen LogP contribution in [0.4, 0.5) is 11.4 Å². The van der Waals surface area contributed by atoms with Gasteiger partial charge >= 0.3 is 0 Å². The van der Waals surface area contributed by atoms with Gasteiger partial charge in [0.05, 0.1) is 5.60 Å². The van der Waals surface area contributed by atoms with E-state index in [0.717, 1.165) is 19.7 Å². The van der Waals surface area contributed by atoms with Gasteiger partial charge in [0.15, 0.2) is 0 Å². The van der Waals surface area contributed by atoms with Crippen molar-refractivity contribution >= 4 is 22.1 Å². The molecule has 0 radical (unpaired) electrons. The maximum atomic E-state index is 5.23. The first kappa shape index (κ1) is 54.9. The number of aryl methyl sites for hydroxylation is 2. The zero-order valence-corrected chi connectivity index (χ0v) is 42.5. The Hall–Kier alpha value is -4.16. The van der Waals surface area contributed by atoms with E-state index < -0.39 is 0 Å². The van der Waals surface area contributed by atoms with Gasteiger partial charge in [-0.2, -0.15) is 0 Å². The Bertz CT molecular complexity index is 1900. The minimum atomic E-state index is 0.0503. The van der Waals surface area contributed by atoms with E-state index in [4.69, 9.17) is 4.74 Å². The third-order valence-corrected chi connectivity index (χ3v) is 9.62. The summed E-state index contributed by atoms with van der Waals surface area (Å²) in [7, 11) is 4.29. The Kier molecular flexibility index (Phi) is 22.5. The minimum Gasteiger partial charge on any atom is -0.380 e. The highest BCUT2D eigenvalue weighted by Crippen LogP contribution is 2.22. The van der Waals surface area contributed by atoms with Crippen LogP contribution in [0.1, 0.15) is 133 Å². The van der Waals surface area contributed by atoms with E-state index in [9.17, 15) is 0 Å². The highest BCUT2D eigenvalue weighted by molar-refractivity contribution is 5.85. The third-order valence-electron chi connectivity index (χ3n) is 9.62. The van der Waals surface area contributed by atoms with Crippen LogP contribution in [0.2, 0.25) is 0 Å². The van der Waals surface area contributed by atoms with Gasteiger partial charge in [-0.05, 0) is 178 Å². The second-order valence-corrected chi connectivity index (χ2v) is 21.1. The molecule has 5 heteroatoms. The predicted octanol–water partition coefficient (Wildman–Crippen LogP) is 14.9. The Morgan fingerprint density at radius 1 is 0.508 bits per heavy atom. The van der Waals surface area contributed by atoms with Crippen LogP contribution in [0.5, 0.6) is 0 Å². The van der Waals surface area contributed by atoms with E-state index in [1.807, 2.05) is 13.0 Å². The standard InChI is InChI=1S/C14H17N.C13H21N.C12H19N.C11H17N.C6H14O/c1-14(2,3)15-13-9-8-11-6-4-5-7-12(11)10-13;1-11-6-8-12(9-7-11)10-14(5)13(2,3)4;1-10-5-7-11(8-6-10)9-13-12(2,3)4;1-11(2,3)12(4)10-8-6-5-7-9-10;1-5-7-6(2,3)4/h4-10,15H,1-3H3;6-9H,10H2,1-5H3;5-8,13H,9H2,1-4H3;5-9H,1-4H3;5H2,1-4H3. The molecule has 0 aliphatic rings. The summed E-state index contributed by atoms with van der Waals surface area (Å²) in [5.41, 5.74) is 8.63. The molecule has 0 atom stereocenters. The molecule has 5 rings (SSSR count). The number of hydrogen-bond donors (Lipinski definition) is 2. The Morgan fingerprint density at radius 2 is 0.984 bits per heavy atom. The van der Waals surface area contributed by atoms with Gasteiger partial charge in [0.25, 0.3) is 0 Å². The first-order valence-corrected chi connectivity index (χ1v) is 22.3. The average molecular weight is 833 g/mol. The van der Waals surface area contributed by atoms with Crippen LogP contribution in [0.15, 0.2) is 121 Å². The fourth-order valence-electron chi connectivity index (χ4n) is 5.45. The molecule has 0 bridgehead atoms. The molecule has 5 nitrogen and oxygen atoms in total. The van der Waals surface area contributed by atoms with Crippen molar-refractivity contribution in [3.8, 4) is 0 Å². The number of para-hydroxylation sites is 1. The molecule has 0 aliphatic heterocycles. The summed E-state index contributed by atoms with van der Waals surface area (Å²) < 4.78 is 5.23. The van der Waals surface area contributed by atoms with Gasteiger partial charge in [-0.3, -0.25) is 4.90 Å². The van der Waals surface area contributed by atoms with Crippen molar-refractivity contribution in [3.05, 3.63) is 144 Å². The van der Waals surface area contributed by atoms with Crippen LogP contribution in [-0.4, -0.2) is 53.4 Å². The van der Waals surface area contributed by atoms with E-state index in [2.05, 4.69) is 267 Å². The lowest BCUT2D eigenvalue weighted by Gasteiger charge is -2.34. The average Bonchev–Trinajstić information content (AvgIpc) is 3.14. The second-order valence-electron chi connectivity index (χ2n) is 21.1. The van der Waals surface area contributed by atoms with Gasteiger partial charge in [-0.15, -0.1) is 0 Å². The van der Waals surface area contributed by atoms with Crippen molar-refractivity contribution in [2.24, 2.45) is 0 Å². The molecule has 2 N–H and O–H groups in total. The summed E-state index contributed by atoms with van der Waals surface area (Å²) in [6, 6.07) is 42.7. The maximum absolute atomic E-state index is 5.23. The molecule has 338 valence electrons. The number of ether oxygens (including phenoxy) is 1. The number of hydrogen-bond acceptors (Lipinski definition) is 5. The number of nitrogens with zero attached hydrogens (tertiary/aromatic N) is 2. The monoisotopic (exact) mass is 833 g/mol.